The molecule has 3 nitrogen and oxygen atoms in total. The Kier molecular flexibility index (Phi) is 3.01. The first-order chi connectivity index (χ1) is 6.86. The fourth-order valence-electron chi connectivity index (χ4n) is 1.43. The number of rotatable bonds is 4. The van der Waals surface area contributed by atoms with Crippen LogP contribution in [0, 0.1) is 0 Å². The van der Waals surface area contributed by atoms with Gasteiger partial charge >= 0.3 is 0 Å². The molecule has 0 aromatic heterocycles. The highest BCUT2D eigenvalue weighted by Gasteiger charge is 2.15. The lowest BCUT2D eigenvalue weighted by molar-refractivity contribution is 0.0795. The molecule has 1 aromatic carbocycles. The summed E-state index contributed by atoms with van der Waals surface area (Å²) in [5, 5.41) is 12.7. The Balaban J connectivity index is 1.76. The quantitative estimate of drug-likeness (QED) is 0.756. The Bertz CT molecular complexity index is 297. The van der Waals surface area contributed by atoms with Crippen molar-refractivity contribution in [2.45, 2.75) is 19.1 Å². The first-order valence-corrected chi connectivity index (χ1v) is 4.94. The molecule has 1 fully saturated rings. The van der Waals surface area contributed by atoms with E-state index in [4.69, 9.17) is 4.74 Å². The number of hydrogen-bond donors (Lipinski definition) is 2. The second-order valence-corrected chi connectivity index (χ2v) is 3.58. The second-order valence-electron chi connectivity index (χ2n) is 3.58. The molecule has 2 N–H and O–H groups in total. The van der Waals surface area contributed by atoms with E-state index < -0.39 is 0 Å². The topological polar surface area (TPSA) is 41.5 Å². The highest BCUT2D eigenvalue weighted by Crippen LogP contribution is 2.16. The van der Waals surface area contributed by atoms with Crippen LogP contribution >= 0.6 is 0 Å². The molecule has 0 bridgehead atoms. The average molecular weight is 193 g/mol. The molecule has 0 saturated carbocycles. The van der Waals surface area contributed by atoms with Crippen LogP contribution in [0.25, 0.3) is 0 Å². The van der Waals surface area contributed by atoms with Gasteiger partial charge in [0.05, 0.1) is 13.2 Å². The molecule has 1 atom stereocenters. The Hall–Kier alpha value is -1.06. The molecule has 3 heteroatoms. The van der Waals surface area contributed by atoms with E-state index >= 15 is 0 Å². The molecule has 1 aliphatic rings. The minimum absolute atomic E-state index is 0.314. The first-order valence-electron chi connectivity index (χ1n) is 4.94. The zero-order valence-electron chi connectivity index (χ0n) is 8.07. The average Bonchev–Trinajstić information content (AvgIpc) is 2.12. The summed E-state index contributed by atoms with van der Waals surface area (Å²) < 4.78 is 5.48. The summed E-state index contributed by atoms with van der Waals surface area (Å²) in [5.41, 5.74) is 0.854. The fraction of sp³-hybridized carbons (Fsp3) is 0.455. The molecule has 0 amide bonds. The van der Waals surface area contributed by atoms with Crippen molar-refractivity contribution < 1.29 is 9.84 Å². The summed E-state index contributed by atoms with van der Waals surface area (Å²) in [6, 6.07) is 7.79. The molecule has 0 aliphatic carbocycles. The van der Waals surface area contributed by atoms with Crippen LogP contribution in [-0.4, -0.2) is 24.3 Å². The van der Waals surface area contributed by atoms with Gasteiger partial charge in [0.2, 0.25) is 0 Å². The summed E-state index contributed by atoms with van der Waals surface area (Å²) >= 11 is 0. The zero-order chi connectivity index (χ0) is 9.80. The van der Waals surface area contributed by atoms with E-state index in [9.17, 15) is 5.11 Å². The molecule has 2 rings (SSSR count). The lowest BCUT2D eigenvalue weighted by Gasteiger charge is -2.27. The van der Waals surface area contributed by atoms with Gasteiger partial charge in [-0.25, -0.2) is 0 Å². The normalized spacial score (nSPS) is 20.4. The lowest BCUT2D eigenvalue weighted by atomic mass is 10.1. The van der Waals surface area contributed by atoms with Gasteiger partial charge in [0.15, 0.2) is 0 Å². The fourth-order valence-corrected chi connectivity index (χ4v) is 1.43. The summed E-state index contributed by atoms with van der Waals surface area (Å²) in [6.45, 7) is 2.32. The smallest absolute Gasteiger partial charge is 0.121 e. The third-order valence-electron chi connectivity index (χ3n) is 2.49. The summed E-state index contributed by atoms with van der Waals surface area (Å²) in [4.78, 5) is 0. The number of phenolic OH excluding ortho intramolecular Hbond substituents is 1. The molecule has 1 aromatic rings. The number of ether oxygens (including phenoxy) is 1. The number of phenols is 1. The maximum atomic E-state index is 9.45. The SMILES string of the molecule is Oc1ccccc1COCC1CCN1. The maximum Gasteiger partial charge on any atom is 0.121 e. The van der Waals surface area contributed by atoms with Crippen LogP contribution in [0.15, 0.2) is 24.3 Å². The largest absolute Gasteiger partial charge is 0.508 e. The van der Waals surface area contributed by atoms with Gasteiger partial charge in [0.1, 0.15) is 5.75 Å². The van der Waals surface area contributed by atoms with Gasteiger partial charge in [0.25, 0.3) is 0 Å². The Morgan fingerprint density at radius 3 is 2.86 bits per heavy atom. The Labute approximate surface area is 83.7 Å². The number of para-hydroxylation sites is 1. The second kappa shape index (κ2) is 4.44. The van der Waals surface area contributed by atoms with Gasteiger partial charge in [-0.2, -0.15) is 0 Å². The van der Waals surface area contributed by atoms with E-state index in [1.807, 2.05) is 18.2 Å². The standard InChI is InChI=1S/C11H15NO2/c13-11-4-2-1-3-9(11)7-14-8-10-5-6-12-10/h1-4,10,12-13H,5-8H2. The van der Waals surface area contributed by atoms with E-state index in [-0.39, 0.29) is 0 Å². The van der Waals surface area contributed by atoms with E-state index in [1.165, 1.54) is 6.42 Å². The summed E-state index contributed by atoms with van der Waals surface area (Å²) in [5.74, 6) is 0.314. The lowest BCUT2D eigenvalue weighted by Crippen LogP contribution is -2.45. The van der Waals surface area contributed by atoms with E-state index in [1.54, 1.807) is 6.07 Å². The number of nitrogens with one attached hydrogen (secondary N) is 1. The van der Waals surface area contributed by atoms with Gasteiger partial charge in [-0.05, 0) is 19.0 Å². The van der Waals surface area contributed by atoms with E-state index in [2.05, 4.69) is 5.32 Å². The van der Waals surface area contributed by atoms with Crippen LogP contribution in [0.1, 0.15) is 12.0 Å². The zero-order valence-corrected chi connectivity index (χ0v) is 8.07. The van der Waals surface area contributed by atoms with Crippen molar-refractivity contribution in [1.82, 2.24) is 5.32 Å². The van der Waals surface area contributed by atoms with Gasteiger partial charge in [-0.1, -0.05) is 18.2 Å². The minimum atomic E-state index is 0.314. The van der Waals surface area contributed by atoms with E-state index in [0.717, 1.165) is 18.7 Å². The van der Waals surface area contributed by atoms with Crippen molar-refractivity contribution in [3.05, 3.63) is 29.8 Å². The molecule has 1 heterocycles. The third-order valence-corrected chi connectivity index (χ3v) is 2.49. The highest BCUT2D eigenvalue weighted by molar-refractivity contribution is 5.30. The van der Waals surface area contributed by atoms with Crippen LogP contribution in [0.2, 0.25) is 0 Å². The predicted octanol–water partition coefficient (Wildman–Crippen LogP) is 1.27. The predicted molar refractivity (Wildman–Crippen MR) is 54.2 cm³/mol. The van der Waals surface area contributed by atoms with Crippen LogP contribution in [0.4, 0.5) is 0 Å². The molecular weight excluding hydrogens is 178 g/mol. The molecule has 76 valence electrons. The van der Waals surface area contributed by atoms with Gasteiger partial charge in [-0.3, -0.25) is 0 Å². The Morgan fingerprint density at radius 1 is 1.43 bits per heavy atom. The number of hydrogen-bond acceptors (Lipinski definition) is 3. The molecule has 1 unspecified atom stereocenters. The highest BCUT2D eigenvalue weighted by atomic mass is 16.5. The number of aromatic hydroxyl groups is 1. The maximum absolute atomic E-state index is 9.45. The molecule has 1 aliphatic heterocycles. The first kappa shape index (κ1) is 9.49. The van der Waals surface area contributed by atoms with E-state index in [0.29, 0.717) is 18.4 Å². The molecule has 1 saturated heterocycles. The van der Waals surface area contributed by atoms with Gasteiger partial charge in [0, 0.05) is 11.6 Å². The van der Waals surface area contributed by atoms with Crippen molar-refractivity contribution in [3.8, 4) is 5.75 Å². The van der Waals surface area contributed by atoms with Crippen molar-refractivity contribution in [2.75, 3.05) is 13.2 Å². The van der Waals surface area contributed by atoms with Crippen molar-refractivity contribution in [3.63, 3.8) is 0 Å². The molecular formula is C11H15NO2. The summed E-state index contributed by atoms with van der Waals surface area (Å²) in [7, 11) is 0. The third kappa shape index (κ3) is 2.25. The minimum Gasteiger partial charge on any atom is -0.508 e. The summed E-state index contributed by atoms with van der Waals surface area (Å²) in [6.07, 6.45) is 1.20. The Morgan fingerprint density at radius 2 is 2.21 bits per heavy atom. The molecule has 0 radical (unpaired) electrons. The van der Waals surface area contributed by atoms with Crippen molar-refractivity contribution in [2.24, 2.45) is 0 Å². The van der Waals surface area contributed by atoms with Crippen LogP contribution < -0.4 is 5.32 Å². The monoisotopic (exact) mass is 193 g/mol. The molecule has 14 heavy (non-hydrogen) atoms. The van der Waals surface area contributed by atoms with Crippen LogP contribution in [-0.2, 0) is 11.3 Å². The van der Waals surface area contributed by atoms with Crippen LogP contribution in [0.5, 0.6) is 5.75 Å². The number of benzene rings is 1. The molecule has 0 spiro atoms. The van der Waals surface area contributed by atoms with Crippen LogP contribution in [0.3, 0.4) is 0 Å². The van der Waals surface area contributed by atoms with Gasteiger partial charge in [-0.15, -0.1) is 0 Å². The van der Waals surface area contributed by atoms with Crippen molar-refractivity contribution in [1.29, 1.82) is 0 Å². The van der Waals surface area contributed by atoms with Crippen molar-refractivity contribution >= 4 is 0 Å². The van der Waals surface area contributed by atoms with Gasteiger partial charge < -0.3 is 15.2 Å².